The van der Waals surface area contributed by atoms with Gasteiger partial charge in [0.15, 0.2) is 0 Å². The highest BCUT2D eigenvalue weighted by molar-refractivity contribution is 7.90. The monoisotopic (exact) mass is 137 g/mol. The largest absolute Gasteiger partial charge is 0.393 e. The van der Waals surface area contributed by atoms with Crippen LogP contribution >= 0.6 is 0 Å². The van der Waals surface area contributed by atoms with Crippen LogP contribution in [0.2, 0.25) is 0 Å². The molecule has 0 aliphatic carbocycles. The average Bonchev–Trinajstić information content (AvgIpc) is 1.65. The van der Waals surface area contributed by atoms with Crippen LogP contribution in [0.1, 0.15) is 6.92 Å². The summed E-state index contributed by atoms with van der Waals surface area (Å²) in [5, 5.41) is 8.46. The Kier molecular flexibility index (Phi) is 4.32. The van der Waals surface area contributed by atoms with Crippen LogP contribution in [0.3, 0.4) is 0 Å². The third-order valence-electron chi connectivity index (χ3n) is 0.614. The first-order valence-corrected chi connectivity index (χ1v) is 4.49. The second-order valence-corrected chi connectivity index (χ2v) is 3.51. The van der Waals surface area contributed by atoms with E-state index < -0.39 is 0 Å². The summed E-state index contributed by atoms with van der Waals surface area (Å²) < 4.78 is 5.18. The van der Waals surface area contributed by atoms with Crippen molar-refractivity contribution in [3.05, 3.63) is 0 Å². The summed E-state index contributed by atoms with van der Waals surface area (Å²) in [7, 11) is 0. The Morgan fingerprint density at radius 1 is 1.62 bits per heavy atom. The number of hydrogen-bond acceptors (Lipinski definition) is 2. The minimum atomic E-state index is -0.00617. The summed E-state index contributed by atoms with van der Waals surface area (Å²) in [5.74, 6) is 0. The molecule has 0 fully saturated rings. The van der Waals surface area contributed by atoms with Gasteiger partial charge in [-0.3, -0.25) is 0 Å². The lowest BCUT2D eigenvalue weighted by atomic mass is 10.5. The van der Waals surface area contributed by atoms with Crippen LogP contribution in [0, 0.1) is 0 Å². The zero-order chi connectivity index (χ0) is 6.57. The Bertz CT molecular complexity index is 56.4. The van der Waals surface area contributed by atoms with E-state index in [-0.39, 0.29) is 23.9 Å². The van der Waals surface area contributed by atoms with Crippen molar-refractivity contribution in [2.24, 2.45) is 0 Å². The molecule has 1 unspecified atom stereocenters. The van der Waals surface area contributed by atoms with E-state index >= 15 is 0 Å². The van der Waals surface area contributed by atoms with Gasteiger partial charge in [0, 0.05) is 0 Å². The Morgan fingerprint density at radius 2 is 2.12 bits per heavy atom. The van der Waals surface area contributed by atoms with Gasteiger partial charge in [0.25, 0.3) is 0 Å². The molecule has 2 nitrogen and oxygen atoms in total. The molecule has 0 aromatic rings. The molecule has 0 heterocycles. The highest BCUT2D eigenvalue weighted by atomic mass is 32.2. The van der Waals surface area contributed by atoms with Gasteiger partial charge >= 0.3 is 0 Å². The number of aliphatic hydroxyl groups excluding tert-OH is 1. The van der Waals surface area contributed by atoms with Crippen molar-refractivity contribution in [1.82, 2.24) is 0 Å². The van der Waals surface area contributed by atoms with Crippen LogP contribution in [0.25, 0.3) is 0 Å². The predicted octanol–water partition coefficient (Wildman–Crippen LogP) is 0.177. The smallest absolute Gasteiger partial charge is 0.141 e. The van der Waals surface area contributed by atoms with Crippen LogP contribution in [0.4, 0.5) is 0 Å². The first-order chi connectivity index (χ1) is 3.66. The third-order valence-corrected chi connectivity index (χ3v) is 1.33. The van der Waals surface area contributed by atoms with Gasteiger partial charge in [0.05, 0.1) is 6.61 Å². The number of aliphatic hydroxyl groups is 1. The molecule has 0 spiro atoms. The maximum atomic E-state index is 8.46. The van der Waals surface area contributed by atoms with Crippen molar-refractivity contribution in [3.63, 3.8) is 0 Å². The number of rotatable bonds is 3. The molecule has 3 heteroatoms. The van der Waals surface area contributed by atoms with E-state index in [0.717, 1.165) is 0 Å². The van der Waals surface area contributed by atoms with Crippen molar-refractivity contribution in [1.29, 1.82) is 0 Å². The first kappa shape index (κ1) is 8.27. The summed E-state index contributed by atoms with van der Waals surface area (Å²) in [6.07, 6.45) is 3.95. The standard InChI is InChI=1S/C5H13O2S/c1-5(4-6)7-8(2)3/h5-6H,4H2,1-3H3/q+1. The molecule has 0 amide bonds. The highest BCUT2D eigenvalue weighted by Gasteiger charge is 2.09. The molecule has 1 atom stereocenters. The molecule has 0 rings (SSSR count). The van der Waals surface area contributed by atoms with E-state index in [1.165, 1.54) is 0 Å². The lowest BCUT2D eigenvalue weighted by molar-refractivity contribution is 0.147. The lowest BCUT2D eigenvalue weighted by Crippen LogP contribution is -2.16. The molecule has 0 aliphatic heterocycles. The molecule has 0 radical (unpaired) electrons. The van der Waals surface area contributed by atoms with Crippen molar-refractivity contribution in [3.8, 4) is 0 Å². The van der Waals surface area contributed by atoms with Gasteiger partial charge < -0.3 is 5.11 Å². The van der Waals surface area contributed by atoms with Gasteiger partial charge in [-0.05, 0) is 6.92 Å². The summed E-state index contributed by atoms with van der Waals surface area (Å²) in [4.78, 5) is 0. The van der Waals surface area contributed by atoms with Gasteiger partial charge in [-0.25, -0.2) is 0 Å². The zero-order valence-corrected chi connectivity index (χ0v) is 6.36. The van der Waals surface area contributed by atoms with Gasteiger partial charge in [-0.15, -0.1) is 0 Å². The summed E-state index contributed by atoms with van der Waals surface area (Å²) >= 11 is -0.00554. The molecule has 8 heavy (non-hydrogen) atoms. The van der Waals surface area contributed by atoms with Gasteiger partial charge in [0.1, 0.15) is 29.8 Å². The Labute approximate surface area is 53.4 Å². The molecule has 0 aromatic carbocycles. The van der Waals surface area contributed by atoms with Crippen LogP contribution in [0.15, 0.2) is 0 Å². The molecule has 0 saturated carbocycles. The Morgan fingerprint density at radius 3 is 2.25 bits per heavy atom. The van der Waals surface area contributed by atoms with Gasteiger partial charge in [-0.1, -0.05) is 0 Å². The van der Waals surface area contributed by atoms with E-state index in [9.17, 15) is 0 Å². The zero-order valence-electron chi connectivity index (χ0n) is 5.55. The Balaban J connectivity index is 3.10. The fourth-order valence-corrected chi connectivity index (χ4v) is 1.08. The van der Waals surface area contributed by atoms with Crippen LogP contribution in [0.5, 0.6) is 0 Å². The molecule has 0 aliphatic rings. The summed E-state index contributed by atoms with van der Waals surface area (Å²) in [6.45, 7) is 1.97. The second kappa shape index (κ2) is 4.18. The Hall–Kier alpha value is 0.270. The highest BCUT2D eigenvalue weighted by Crippen LogP contribution is 1.94. The van der Waals surface area contributed by atoms with Crippen LogP contribution in [-0.4, -0.2) is 30.3 Å². The lowest BCUT2D eigenvalue weighted by Gasteiger charge is -2.02. The maximum absolute atomic E-state index is 8.46. The molecular formula is C5H13O2S+. The molecule has 0 saturated heterocycles. The van der Waals surface area contributed by atoms with Crippen molar-refractivity contribution >= 4 is 11.2 Å². The SMILES string of the molecule is CC(CO)O[S+](C)C. The van der Waals surface area contributed by atoms with E-state index in [2.05, 4.69) is 0 Å². The first-order valence-electron chi connectivity index (χ1n) is 2.52. The normalized spacial score (nSPS) is 14.6. The van der Waals surface area contributed by atoms with E-state index in [1.54, 1.807) is 0 Å². The van der Waals surface area contributed by atoms with E-state index in [4.69, 9.17) is 9.29 Å². The quantitative estimate of drug-likeness (QED) is 0.562. The van der Waals surface area contributed by atoms with Crippen molar-refractivity contribution < 1.29 is 9.29 Å². The van der Waals surface area contributed by atoms with Crippen LogP contribution < -0.4 is 0 Å². The summed E-state index contributed by atoms with van der Waals surface area (Å²) in [6, 6.07) is 0. The minimum absolute atomic E-state index is 0.00554. The molecule has 0 bridgehead atoms. The van der Waals surface area contributed by atoms with Gasteiger partial charge in [0.2, 0.25) is 0 Å². The fraction of sp³-hybridized carbons (Fsp3) is 1.00. The minimum Gasteiger partial charge on any atom is -0.393 e. The summed E-state index contributed by atoms with van der Waals surface area (Å²) in [5.41, 5.74) is 0. The van der Waals surface area contributed by atoms with E-state index in [0.29, 0.717) is 0 Å². The molecule has 50 valence electrons. The third kappa shape index (κ3) is 4.43. The number of hydrogen-bond donors (Lipinski definition) is 1. The van der Waals surface area contributed by atoms with Crippen LogP contribution in [-0.2, 0) is 15.4 Å². The predicted molar refractivity (Wildman–Crippen MR) is 36.8 cm³/mol. The second-order valence-electron chi connectivity index (χ2n) is 1.83. The van der Waals surface area contributed by atoms with Gasteiger partial charge in [-0.2, -0.15) is 4.18 Å². The molecular weight excluding hydrogens is 124 g/mol. The maximum Gasteiger partial charge on any atom is 0.141 e. The molecule has 0 aromatic heterocycles. The topological polar surface area (TPSA) is 29.5 Å². The fourth-order valence-electron chi connectivity index (χ4n) is 0.359. The average molecular weight is 137 g/mol. The van der Waals surface area contributed by atoms with E-state index in [1.807, 2.05) is 19.4 Å². The van der Waals surface area contributed by atoms with Crippen molar-refractivity contribution in [2.45, 2.75) is 13.0 Å². The molecule has 1 N–H and O–H groups in total. The van der Waals surface area contributed by atoms with Crippen molar-refractivity contribution in [2.75, 3.05) is 19.1 Å².